The highest BCUT2D eigenvalue weighted by atomic mass is 16.5. The minimum atomic E-state index is -1.00. The maximum Gasteiger partial charge on any atom is 0.292 e. The third-order valence-corrected chi connectivity index (χ3v) is 6.39. The van der Waals surface area contributed by atoms with Gasteiger partial charge in [-0.3, -0.25) is 19.3 Å². The maximum absolute atomic E-state index is 13.4. The van der Waals surface area contributed by atoms with Crippen molar-refractivity contribution in [3.8, 4) is 0 Å². The molecule has 1 spiro atoms. The Labute approximate surface area is 196 Å². The van der Waals surface area contributed by atoms with E-state index < -0.39 is 17.7 Å². The predicted molar refractivity (Wildman–Crippen MR) is 119 cm³/mol. The normalized spacial score (nSPS) is 19.4. The predicted octanol–water partition coefficient (Wildman–Crippen LogP) is 2.66. The average molecular weight is 463 g/mol. The zero-order valence-electron chi connectivity index (χ0n) is 18.5. The van der Waals surface area contributed by atoms with Gasteiger partial charge in [-0.2, -0.15) is 0 Å². The molecule has 1 aromatic carbocycles. The average Bonchev–Trinajstić information content (AvgIpc) is 3.65. The van der Waals surface area contributed by atoms with Gasteiger partial charge in [0.2, 0.25) is 5.91 Å². The SMILES string of the molecule is O=C(NCc1ccccc1)C1COC2(CCN(C(=O)c3ccco3)CC2)N1C(=O)c1ccco1. The first kappa shape index (κ1) is 22.0. The highest BCUT2D eigenvalue weighted by molar-refractivity contribution is 5.96. The molecule has 1 N–H and O–H groups in total. The molecule has 4 heterocycles. The van der Waals surface area contributed by atoms with E-state index in [0.29, 0.717) is 32.5 Å². The number of hydrogen-bond acceptors (Lipinski definition) is 6. The Balaban J connectivity index is 1.34. The topological polar surface area (TPSA) is 105 Å². The molecule has 2 aromatic heterocycles. The lowest BCUT2D eigenvalue weighted by Crippen LogP contribution is -2.59. The van der Waals surface area contributed by atoms with Crippen molar-refractivity contribution in [1.82, 2.24) is 15.1 Å². The van der Waals surface area contributed by atoms with Gasteiger partial charge in [-0.1, -0.05) is 30.3 Å². The number of nitrogens with one attached hydrogen (secondary N) is 1. The summed E-state index contributed by atoms with van der Waals surface area (Å²) < 4.78 is 16.7. The molecule has 34 heavy (non-hydrogen) atoms. The lowest BCUT2D eigenvalue weighted by atomic mass is 9.97. The van der Waals surface area contributed by atoms with E-state index in [1.54, 1.807) is 29.2 Å². The van der Waals surface area contributed by atoms with Crippen LogP contribution in [-0.4, -0.2) is 59.0 Å². The zero-order valence-corrected chi connectivity index (χ0v) is 18.5. The summed E-state index contributed by atoms with van der Waals surface area (Å²) in [5, 5.41) is 2.92. The van der Waals surface area contributed by atoms with E-state index in [9.17, 15) is 14.4 Å². The molecule has 9 heteroatoms. The van der Waals surface area contributed by atoms with Crippen LogP contribution < -0.4 is 5.32 Å². The van der Waals surface area contributed by atoms with Crippen molar-refractivity contribution in [3.63, 3.8) is 0 Å². The van der Waals surface area contributed by atoms with Crippen LogP contribution in [0.1, 0.15) is 39.5 Å². The third-order valence-electron chi connectivity index (χ3n) is 6.39. The molecule has 0 aliphatic carbocycles. The summed E-state index contributed by atoms with van der Waals surface area (Å²) in [6, 6.07) is 15.2. The summed E-state index contributed by atoms with van der Waals surface area (Å²) in [7, 11) is 0. The van der Waals surface area contributed by atoms with E-state index in [2.05, 4.69) is 5.32 Å². The lowest BCUT2D eigenvalue weighted by molar-refractivity contribution is -0.128. The summed E-state index contributed by atoms with van der Waals surface area (Å²) in [6.07, 6.45) is 3.62. The molecule has 3 amide bonds. The zero-order chi connectivity index (χ0) is 23.5. The van der Waals surface area contributed by atoms with Crippen molar-refractivity contribution in [2.75, 3.05) is 19.7 Å². The fourth-order valence-electron chi connectivity index (χ4n) is 4.60. The maximum atomic E-state index is 13.4. The summed E-state index contributed by atoms with van der Waals surface area (Å²) >= 11 is 0. The standard InChI is InChI=1S/C25H25N3O6/c29-22(26-16-18-6-2-1-3-7-18)19-17-34-25(28(19)24(31)21-9-5-15-33-21)10-12-27(13-11-25)23(30)20-8-4-14-32-20/h1-9,14-15,19H,10-13,16-17H2,(H,26,29). The fourth-order valence-corrected chi connectivity index (χ4v) is 4.60. The molecule has 0 bridgehead atoms. The second kappa shape index (κ2) is 9.18. The Bertz CT molecular complexity index is 1130. The van der Waals surface area contributed by atoms with Gasteiger partial charge in [0.25, 0.3) is 11.8 Å². The molecule has 2 saturated heterocycles. The van der Waals surface area contributed by atoms with Gasteiger partial charge in [0.15, 0.2) is 11.5 Å². The lowest BCUT2D eigenvalue weighted by Gasteiger charge is -2.44. The van der Waals surface area contributed by atoms with Gasteiger partial charge in [-0.15, -0.1) is 0 Å². The van der Waals surface area contributed by atoms with Crippen LogP contribution in [0.2, 0.25) is 0 Å². The first-order valence-corrected chi connectivity index (χ1v) is 11.2. The first-order valence-electron chi connectivity index (χ1n) is 11.2. The first-order chi connectivity index (χ1) is 16.6. The molecule has 2 fully saturated rings. The summed E-state index contributed by atoms with van der Waals surface area (Å²) in [6.45, 7) is 1.14. The molecule has 0 saturated carbocycles. The second-order valence-corrected chi connectivity index (χ2v) is 8.40. The summed E-state index contributed by atoms with van der Waals surface area (Å²) in [4.78, 5) is 42.5. The number of furan rings is 2. The summed E-state index contributed by atoms with van der Waals surface area (Å²) in [5.41, 5.74) is -0.0448. The van der Waals surface area contributed by atoms with E-state index in [1.807, 2.05) is 30.3 Å². The van der Waals surface area contributed by atoms with Crippen molar-refractivity contribution in [2.24, 2.45) is 0 Å². The highest BCUT2D eigenvalue weighted by Gasteiger charge is 2.54. The van der Waals surface area contributed by atoms with Crippen molar-refractivity contribution < 1.29 is 28.0 Å². The number of ether oxygens (including phenoxy) is 1. The number of benzene rings is 1. The molecular formula is C25H25N3O6. The Morgan fingerprint density at radius 2 is 1.53 bits per heavy atom. The van der Waals surface area contributed by atoms with Crippen LogP contribution in [0.5, 0.6) is 0 Å². The van der Waals surface area contributed by atoms with E-state index in [0.717, 1.165) is 5.56 Å². The molecule has 5 rings (SSSR count). The number of likely N-dealkylation sites (tertiary alicyclic amines) is 1. The third kappa shape index (κ3) is 4.10. The molecule has 1 atom stereocenters. The number of rotatable bonds is 5. The fraction of sp³-hybridized carbons (Fsp3) is 0.320. The number of amides is 3. The van der Waals surface area contributed by atoms with E-state index in [-0.39, 0.29) is 29.9 Å². The van der Waals surface area contributed by atoms with Crippen molar-refractivity contribution in [3.05, 3.63) is 84.2 Å². The molecule has 9 nitrogen and oxygen atoms in total. The Morgan fingerprint density at radius 1 is 0.882 bits per heavy atom. The van der Waals surface area contributed by atoms with Crippen LogP contribution in [-0.2, 0) is 16.1 Å². The molecule has 1 unspecified atom stereocenters. The van der Waals surface area contributed by atoms with Gasteiger partial charge < -0.3 is 23.8 Å². The van der Waals surface area contributed by atoms with Gasteiger partial charge >= 0.3 is 0 Å². The molecular weight excluding hydrogens is 438 g/mol. The minimum absolute atomic E-state index is 0.0687. The number of hydrogen-bond donors (Lipinski definition) is 1. The number of piperidine rings is 1. The quantitative estimate of drug-likeness (QED) is 0.624. The van der Waals surface area contributed by atoms with Crippen LogP contribution >= 0.6 is 0 Å². The monoisotopic (exact) mass is 463 g/mol. The Kier molecular flexibility index (Phi) is 5.93. The molecule has 3 aromatic rings. The molecule has 0 radical (unpaired) electrons. The van der Waals surface area contributed by atoms with Crippen LogP contribution in [0.15, 0.2) is 76.0 Å². The number of carbonyl (C=O) groups is 3. The number of nitrogens with zero attached hydrogens (tertiary/aromatic N) is 2. The van der Waals surface area contributed by atoms with Crippen LogP contribution in [0, 0.1) is 0 Å². The van der Waals surface area contributed by atoms with Gasteiger partial charge in [0, 0.05) is 32.5 Å². The van der Waals surface area contributed by atoms with E-state index in [4.69, 9.17) is 13.6 Å². The number of carbonyl (C=O) groups excluding carboxylic acids is 3. The van der Waals surface area contributed by atoms with Crippen LogP contribution in [0.3, 0.4) is 0 Å². The highest BCUT2D eigenvalue weighted by Crippen LogP contribution is 2.39. The summed E-state index contributed by atoms with van der Waals surface area (Å²) in [5.74, 6) is -0.508. The van der Waals surface area contributed by atoms with Gasteiger partial charge in [0.05, 0.1) is 19.1 Å². The van der Waals surface area contributed by atoms with Crippen LogP contribution in [0.4, 0.5) is 0 Å². The molecule has 176 valence electrons. The largest absolute Gasteiger partial charge is 0.459 e. The van der Waals surface area contributed by atoms with Gasteiger partial charge in [-0.25, -0.2) is 0 Å². The van der Waals surface area contributed by atoms with Crippen LogP contribution in [0.25, 0.3) is 0 Å². The van der Waals surface area contributed by atoms with Gasteiger partial charge in [0.1, 0.15) is 11.8 Å². The van der Waals surface area contributed by atoms with Gasteiger partial charge in [-0.05, 0) is 29.8 Å². The van der Waals surface area contributed by atoms with Crippen molar-refractivity contribution in [2.45, 2.75) is 31.2 Å². The van der Waals surface area contributed by atoms with E-state index >= 15 is 0 Å². The van der Waals surface area contributed by atoms with E-state index in [1.165, 1.54) is 17.4 Å². The Morgan fingerprint density at radius 3 is 2.15 bits per heavy atom. The smallest absolute Gasteiger partial charge is 0.292 e. The Hall–Kier alpha value is -3.85. The molecule has 2 aliphatic rings. The minimum Gasteiger partial charge on any atom is -0.459 e. The van der Waals surface area contributed by atoms with Crippen molar-refractivity contribution in [1.29, 1.82) is 0 Å². The van der Waals surface area contributed by atoms with Crippen molar-refractivity contribution >= 4 is 17.7 Å². The molecule has 2 aliphatic heterocycles. The second-order valence-electron chi connectivity index (χ2n) is 8.40.